The Kier molecular flexibility index (Phi) is 5.69. The Morgan fingerprint density at radius 3 is 2.48 bits per heavy atom. The molecule has 0 radical (unpaired) electrons. The van der Waals surface area contributed by atoms with Crippen molar-refractivity contribution in [1.82, 2.24) is 5.32 Å². The molecule has 0 atom stereocenters. The van der Waals surface area contributed by atoms with Crippen molar-refractivity contribution in [3.8, 4) is 0 Å². The van der Waals surface area contributed by atoms with E-state index in [9.17, 15) is 9.59 Å². The number of amides is 2. The maximum atomic E-state index is 11.9. The Hall–Kier alpha value is -2.88. The van der Waals surface area contributed by atoms with Crippen LogP contribution in [0.2, 0.25) is 0 Å². The van der Waals surface area contributed by atoms with Gasteiger partial charge in [-0.1, -0.05) is 42.0 Å². The van der Waals surface area contributed by atoms with Gasteiger partial charge in [-0.05, 0) is 36.3 Å². The number of nitrogens with one attached hydrogen (secondary N) is 2. The van der Waals surface area contributed by atoms with Gasteiger partial charge < -0.3 is 10.6 Å². The fourth-order valence-corrected chi connectivity index (χ4v) is 2.11. The van der Waals surface area contributed by atoms with Crippen LogP contribution in [0.5, 0.6) is 0 Å². The molecule has 4 heteroatoms. The van der Waals surface area contributed by atoms with E-state index in [1.807, 2.05) is 43.3 Å². The van der Waals surface area contributed by atoms with Gasteiger partial charge >= 0.3 is 0 Å². The second-order valence-corrected chi connectivity index (χ2v) is 5.28. The number of aryl methyl sites for hydroxylation is 1. The summed E-state index contributed by atoms with van der Waals surface area (Å²) in [4.78, 5) is 23.2. The van der Waals surface area contributed by atoms with Crippen molar-refractivity contribution in [3.63, 3.8) is 0 Å². The van der Waals surface area contributed by atoms with Crippen molar-refractivity contribution >= 4 is 23.6 Å². The molecular formula is C19H20N2O2. The first kappa shape index (κ1) is 16.5. The van der Waals surface area contributed by atoms with Crippen molar-refractivity contribution in [2.45, 2.75) is 13.3 Å². The SMILES string of the molecule is CNC(=O)Cc1ccc(NC(=O)/C=C/c2cccc(C)c2)cc1. The molecule has 4 nitrogen and oxygen atoms in total. The summed E-state index contributed by atoms with van der Waals surface area (Å²) in [5.74, 6) is -0.228. The standard InChI is InChI=1S/C19H20N2O2/c1-14-4-3-5-15(12-14)8-11-18(22)21-17-9-6-16(7-10-17)13-19(23)20-2/h3-12H,13H2,1-2H3,(H,20,23)(H,21,22)/b11-8+. The number of hydrogen-bond donors (Lipinski definition) is 2. The number of likely N-dealkylation sites (N-methyl/N-ethyl adjacent to an activating group) is 1. The Bertz CT molecular complexity index is 718. The Balaban J connectivity index is 1.93. The molecule has 2 aromatic rings. The van der Waals surface area contributed by atoms with Gasteiger partial charge in [0.05, 0.1) is 6.42 Å². The molecule has 23 heavy (non-hydrogen) atoms. The Labute approximate surface area is 136 Å². The van der Waals surface area contributed by atoms with Crippen LogP contribution in [0.1, 0.15) is 16.7 Å². The lowest BCUT2D eigenvalue weighted by atomic mass is 10.1. The maximum Gasteiger partial charge on any atom is 0.248 e. The predicted molar refractivity (Wildman–Crippen MR) is 93.1 cm³/mol. The molecule has 0 aromatic heterocycles. The molecule has 2 aromatic carbocycles. The minimum atomic E-state index is -0.189. The molecule has 0 aliphatic heterocycles. The van der Waals surface area contributed by atoms with E-state index in [-0.39, 0.29) is 11.8 Å². The Morgan fingerprint density at radius 1 is 1.09 bits per heavy atom. The van der Waals surface area contributed by atoms with Gasteiger partial charge in [-0.3, -0.25) is 9.59 Å². The quantitative estimate of drug-likeness (QED) is 0.834. The van der Waals surface area contributed by atoms with E-state index in [0.29, 0.717) is 12.1 Å². The first-order chi connectivity index (χ1) is 11.1. The fraction of sp³-hybridized carbons (Fsp3) is 0.158. The minimum Gasteiger partial charge on any atom is -0.359 e. The summed E-state index contributed by atoms with van der Waals surface area (Å²) in [6.07, 6.45) is 3.62. The lowest BCUT2D eigenvalue weighted by Crippen LogP contribution is -2.19. The van der Waals surface area contributed by atoms with Gasteiger partial charge in [-0.25, -0.2) is 0 Å². The Morgan fingerprint density at radius 2 is 1.83 bits per heavy atom. The molecule has 0 unspecified atom stereocenters. The van der Waals surface area contributed by atoms with Gasteiger partial charge in [0.25, 0.3) is 0 Å². The number of hydrogen-bond acceptors (Lipinski definition) is 2. The van der Waals surface area contributed by atoms with E-state index in [4.69, 9.17) is 0 Å². The molecule has 2 amide bonds. The molecule has 0 fully saturated rings. The van der Waals surface area contributed by atoms with Crippen LogP contribution in [0.25, 0.3) is 6.08 Å². The summed E-state index contributed by atoms with van der Waals surface area (Å²) in [6.45, 7) is 2.01. The molecule has 0 heterocycles. The highest BCUT2D eigenvalue weighted by atomic mass is 16.2. The molecule has 0 saturated heterocycles. The highest BCUT2D eigenvalue weighted by Crippen LogP contribution is 2.11. The van der Waals surface area contributed by atoms with Gasteiger partial charge in [0.1, 0.15) is 0 Å². The molecule has 2 rings (SSSR count). The highest BCUT2D eigenvalue weighted by molar-refractivity contribution is 6.01. The number of rotatable bonds is 5. The average molecular weight is 308 g/mol. The smallest absolute Gasteiger partial charge is 0.248 e. The summed E-state index contributed by atoms with van der Waals surface area (Å²) in [5, 5.41) is 5.37. The van der Waals surface area contributed by atoms with E-state index in [1.54, 1.807) is 25.3 Å². The van der Waals surface area contributed by atoms with Crippen LogP contribution >= 0.6 is 0 Å². The molecule has 0 saturated carbocycles. The topological polar surface area (TPSA) is 58.2 Å². The third-order valence-electron chi connectivity index (χ3n) is 3.33. The maximum absolute atomic E-state index is 11.9. The van der Waals surface area contributed by atoms with Gasteiger partial charge in [-0.15, -0.1) is 0 Å². The van der Waals surface area contributed by atoms with Gasteiger partial charge in [0.15, 0.2) is 0 Å². The molecular weight excluding hydrogens is 288 g/mol. The van der Waals surface area contributed by atoms with Crippen LogP contribution in [-0.2, 0) is 16.0 Å². The zero-order valence-corrected chi connectivity index (χ0v) is 13.3. The van der Waals surface area contributed by atoms with Crippen LogP contribution in [0.3, 0.4) is 0 Å². The number of anilines is 1. The predicted octanol–water partition coefficient (Wildman–Crippen LogP) is 2.94. The number of carbonyl (C=O) groups is 2. The van der Waals surface area contributed by atoms with Gasteiger partial charge in [0, 0.05) is 18.8 Å². The summed E-state index contributed by atoms with van der Waals surface area (Å²) in [6, 6.07) is 15.2. The molecule has 0 bridgehead atoms. The van der Waals surface area contributed by atoms with E-state index < -0.39 is 0 Å². The zero-order valence-electron chi connectivity index (χ0n) is 13.3. The van der Waals surface area contributed by atoms with Gasteiger partial charge in [0.2, 0.25) is 11.8 Å². The van der Waals surface area contributed by atoms with E-state index in [0.717, 1.165) is 16.7 Å². The summed E-state index contributed by atoms with van der Waals surface area (Å²) < 4.78 is 0. The minimum absolute atomic E-state index is 0.0390. The second-order valence-electron chi connectivity index (χ2n) is 5.28. The zero-order chi connectivity index (χ0) is 16.7. The fourth-order valence-electron chi connectivity index (χ4n) is 2.11. The third-order valence-corrected chi connectivity index (χ3v) is 3.33. The number of benzene rings is 2. The third kappa shape index (κ3) is 5.43. The monoisotopic (exact) mass is 308 g/mol. The normalized spacial score (nSPS) is 10.5. The van der Waals surface area contributed by atoms with Crippen molar-refractivity contribution in [2.24, 2.45) is 0 Å². The first-order valence-corrected chi connectivity index (χ1v) is 7.42. The molecule has 118 valence electrons. The van der Waals surface area contributed by atoms with Crippen LogP contribution in [0.4, 0.5) is 5.69 Å². The highest BCUT2D eigenvalue weighted by Gasteiger charge is 2.02. The van der Waals surface area contributed by atoms with E-state index >= 15 is 0 Å². The van der Waals surface area contributed by atoms with Crippen LogP contribution in [-0.4, -0.2) is 18.9 Å². The first-order valence-electron chi connectivity index (χ1n) is 7.42. The van der Waals surface area contributed by atoms with Crippen molar-refractivity contribution in [2.75, 3.05) is 12.4 Å². The van der Waals surface area contributed by atoms with Crippen molar-refractivity contribution < 1.29 is 9.59 Å². The lowest BCUT2D eigenvalue weighted by molar-refractivity contribution is -0.120. The van der Waals surface area contributed by atoms with Crippen LogP contribution < -0.4 is 10.6 Å². The molecule has 2 N–H and O–H groups in total. The van der Waals surface area contributed by atoms with Gasteiger partial charge in [-0.2, -0.15) is 0 Å². The lowest BCUT2D eigenvalue weighted by Gasteiger charge is -2.04. The van der Waals surface area contributed by atoms with Crippen molar-refractivity contribution in [3.05, 3.63) is 71.3 Å². The van der Waals surface area contributed by atoms with Crippen LogP contribution in [0.15, 0.2) is 54.6 Å². The molecule has 0 spiro atoms. The number of carbonyl (C=O) groups excluding carboxylic acids is 2. The van der Waals surface area contributed by atoms with E-state index in [2.05, 4.69) is 10.6 Å². The average Bonchev–Trinajstić information content (AvgIpc) is 2.55. The second kappa shape index (κ2) is 7.94. The van der Waals surface area contributed by atoms with E-state index in [1.165, 1.54) is 6.08 Å². The molecule has 0 aliphatic carbocycles. The summed E-state index contributed by atoms with van der Waals surface area (Å²) in [7, 11) is 1.61. The molecule has 0 aliphatic rings. The van der Waals surface area contributed by atoms with Crippen molar-refractivity contribution in [1.29, 1.82) is 0 Å². The summed E-state index contributed by atoms with van der Waals surface area (Å²) in [5.41, 5.74) is 3.74. The summed E-state index contributed by atoms with van der Waals surface area (Å²) >= 11 is 0. The van der Waals surface area contributed by atoms with Crippen LogP contribution in [0, 0.1) is 6.92 Å². The largest absolute Gasteiger partial charge is 0.359 e.